The van der Waals surface area contributed by atoms with E-state index >= 15 is 0 Å². The first-order chi connectivity index (χ1) is 7.88. The monoisotopic (exact) mass is 212 g/mol. The second kappa shape index (κ2) is 5.36. The summed E-state index contributed by atoms with van der Waals surface area (Å²) in [4.78, 5) is 0. The van der Waals surface area contributed by atoms with Crippen molar-refractivity contribution in [2.24, 2.45) is 0 Å². The molecule has 0 radical (unpaired) electrons. The van der Waals surface area contributed by atoms with Crippen molar-refractivity contribution in [3.05, 3.63) is 66.0 Å². The molecule has 0 aliphatic heterocycles. The van der Waals surface area contributed by atoms with Crippen LogP contribution in [0.1, 0.15) is 18.9 Å². The molecule has 0 spiro atoms. The number of allylic oxidation sites excluding steroid dienone is 5. The average molecular weight is 212 g/mol. The summed E-state index contributed by atoms with van der Waals surface area (Å²) in [5, 5.41) is 0. The third-order valence-corrected chi connectivity index (χ3v) is 2.49. The highest BCUT2D eigenvalue weighted by Crippen LogP contribution is 2.18. The Morgan fingerprint density at radius 2 is 2.19 bits per heavy atom. The normalized spacial score (nSPS) is 14.4. The summed E-state index contributed by atoms with van der Waals surface area (Å²) in [7, 11) is 0. The molecule has 1 aliphatic rings. The molecule has 0 amide bonds. The molecule has 0 aromatic heterocycles. The van der Waals surface area contributed by atoms with E-state index in [1.807, 2.05) is 30.4 Å². The average Bonchev–Trinajstić information content (AvgIpc) is 2.58. The molecule has 0 bridgehead atoms. The largest absolute Gasteiger partial charge is 0.457 e. The number of hydrogen-bond acceptors (Lipinski definition) is 1. The van der Waals surface area contributed by atoms with Crippen molar-refractivity contribution in [2.75, 3.05) is 0 Å². The zero-order chi connectivity index (χ0) is 11.2. The minimum Gasteiger partial charge on any atom is -0.457 e. The first kappa shape index (κ1) is 10.7. The standard InChI is InChI=1S/C15H16O/c1-2-13-8-7-11-15(12-13)16-14-9-5-3-4-6-10-14/h3,5-12H,2,4H2,1H3. The lowest BCUT2D eigenvalue weighted by Gasteiger charge is -2.07. The highest BCUT2D eigenvalue weighted by molar-refractivity contribution is 5.33. The Kier molecular flexibility index (Phi) is 3.60. The maximum absolute atomic E-state index is 5.80. The summed E-state index contributed by atoms with van der Waals surface area (Å²) in [6, 6.07) is 8.22. The topological polar surface area (TPSA) is 9.23 Å². The van der Waals surface area contributed by atoms with Crippen molar-refractivity contribution in [3.63, 3.8) is 0 Å². The predicted molar refractivity (Wildman–Crippen MR) is 67.4 cm³/mol. The van der Waals surface area contributed by atoms with E-state index < -0.39 is 0 Å². The van der Waals surface area contributed by atoms with Gasteiger partial charge < -0.3 is 4.74 Å². The lowest BCUT2D eigenvalue weighted by atomic mass is 10.2. The van der Waals surface area contributed by atoms with Gasteiger partial charge in [-0.2, -0.15) is 0 Å². The highest BCUT2D eigenvalue weighted by Gasteiger charge is 1.98. The fourth-order valence-electron chi connectivity index (χ4n) is 1.59. The van der Waals surface area contributed by atoms with Gasteiger partial charge in [0.15, 0.2) is 0 Å². The third-order valence-electron chi connectivity index (χ3n) is 2.49. The van der Waals surface area contributed by atoms with Crippen LogP contribution in [-0.2, 0) is 6.42 Å². The molecule has 1 nitrogen and oxygen atoms in total. The first-order valence-electron chi connectivity index (χ1n) is 5.68. The Morgan fingerprint density at radius 3 is 3.06 bits per heavy atom. The van der Waals surface area contributed by atoms with E-state index in [4.69, 9.17) is 4.74 Å². The molecule has 0 atom stereocenters. The van der Waals surface area contributed by atoms with Crippen molar-refractivity contribution in [2.45, 2.75) is 19.8 Å². The maximum Gasteiger partial charge on any atom is 0.127 e. The van der Waals surface area contributed by atoms with E-state index in [1.165, 1.54) is 5.56 Å². The van der Waals surface area contributed by atoms with Gasteiger partial charge in [-0.3, -0.25) is 0 Å². The summed E-state index contributed by atoms with van der Waals surface area (Å²) in [5.74, 6) is 1.80. The number of rotatable bonds is 3. The van der Waals surface area contributed by atoms with Crippen LogP contribution in [0.5, 0.6) is 5.75 Å². The van der Waals surface area contributed by atoms with E-state index in [0.29, 0.717) is 0 Å². The molecule has 1 aromatic rings. The molecule has 1 aliphatic carbocycles. The van der Waals surface area contributed by atoms with Gasteiger partial charge in [0.05, 0.1) is 0 Å². The fraction of sp³-hybridized carbons (Fsp3) is 0.200. The minimum absolute atomic E-state index is 0.891. The molecule has 1 aromatic carbocycles. The SMILES string of the molecule is CCc1cccc(OC2=CC=CCC=C2)c1. The molecule has 2 rings (SSSR count). The van der Waals surface area contributed by atoms with Gasteiger partial charge in [0.25, 0.3) is 0 Å². The second-order valence-corrected chi connectivity index (χ2v) is 3.74. The van der Waals surface area contributed by atoms with E-state index in [1.54, 1.807) is 0 Å². The van der Waals surface area contributed by atoms with Gasteiger partial charge in [-0.15, -0.1) is 0 Å². The van der Waals surface area contributed by atoms with Crippen molar-refractivity contribution in [1.82, 2.24) is 0 Å². The van der Waals surface area contributed by atoms with E-state index in [9.17, 15) is 0 Å². The minimum atomic E-state index is 0.891. The molecular formula is C15H16O. The Bertz CT molecular complexity index is 439. The molecule has 0 fully saturated rings. The van der Waals surface area contributed by atoms with E-state index in [-0.39, 0.29) is 0 Å². The molecular weight excluding hydrogens is 196 g/mol. The van der Waals surface area contributed by atoms with Crippen LogP contribution in [0.2, 0.25) is 0 Å². The molecule has 0 saturated carbocycles. The van der Waals surface area contributed by atoms with Gasteiger partial charge in [0.2, 0.25) is 0 Å². The maximum atomic E-state index is 5.80. The molecule has 16 heavy (non-hydrogen) atoms. The summed E-state index contributed by atoms with van der Waals surface area (Å²) in [6.45, 7) is 2.15. The molecule has 1 heteroatoms. The summed E-state index contributed by atoms with van der Waals surface area (Å²) in [5.41, 5.74) is 1.30. The van der Waals surface area contributed by atoms with Gasteiger partial charge in [0, 0.05) is 0 Å². The quantitative estimate of drug-likeness (QED) is 0.735. The number of benzene rings is 1. The molecule has 82 valence electrons. The summed E-state index contributed by atoms with van der Waals surface area (Å²) in [6.07, 6.45) is 12.2. The van der Waals surface area contributed by atoms with Crippen molar-refractivity contribution >= 4 is 0 Å². The molecule has 0 saturated heterocycles. The van der Waals surface area contributed by atoms with E-state index in [2.05, 4.69) is 31.2 Å². The number of ether oxygens (including phenoxy) is 1. The fourth-order valence-corrected chi connectivity index (χ4v) is 1.59. The Balaban J connectivity index is 2.13. The Morgan fingerprint density at radius 1 is 1.25 bits per heavy atom. The first-order valence-corrected chi connectivity index (χ1v) is 5.68. The molecule has 0 unspecified atom stereocenters. The second-order valence-electron chi connectivity index (χ2n) is 3.74. The predicted octanol–water partition coefficient (Wildman–Crippen LogP) is 4.03. The van der Waals surface area contributed by atoms with Crippen LogP contribution >= 0.6 is 0 Å². The highest BCUT2D eigenvalue weighted by atomic mass is 16.5. The van der Waals surface area contributed by atoms with Crippen molar-refractivity contribution < 1.29 is 4.74 Å². The van der Waals surface area contributed by atoms with Crippen molar-refractivity contribution in [1.29, 1.82) is 0 Å². The van der Waals surface area contributed by atoms with Gasteiger partial charge >= 0.3 is 0 Å². The van der Waals surface area contributed by atoms with Crippen molar-refractivity contribution in [3.8, 4) is 5.75 Å². The van der Waals surface area contributed by atoms with Gasteiger partial charge in [0.1, 0.15) is 11.5 Å². The summed E-state index contributed by atoms with van der Waals surface area (Å²) >= 11 is 0. The molecule has 0 heterocycles. The van der Waals surface area contributed by atoms with Gasteiger partial charge in [-0.1, -0.05) is 37.3 Å². The zero-order valence-corrected chi connectivity index (χ0v) is 9.52. The van der Waals surface area contributed by atoms with Gasteiger partial charge in [-0.05, 0) is 42.7 Å². The Hall–Kier alpha value is -1.76. The molecule has 0 N–H and O–H groups in total. The van der Waals surface area contributed by atoms with Crippen LogP contribution in [0, 0.1) is 0 Å². The number of hydrogen-bond donors (Lipinski definition) is 0. The van der Waals surface area contributed by atoms with Crippen LogP contribution in [0.15, 0.2) is 60.4 Å². The van der Waals surface area contributed by atoms with Crippen LogP contribution < -0.4 is 4.74 Å². The van der Waals surface area contributed by atoms with Crippen LogP contribution in [0.3, 0.4) is 0 Å². The lowest BCUT2D eigenvalue weighted by Crippen LogP contribution is -1.92. The smallest absolute Gasteiger partial charge is 0.127 e. The van der Waals surface area contributed by atoms with Crippen LogP contribution in [0.25, 0.3) is 0 Å². The van der Waals surface area contributed by atoms with E-state index in [0.717, 1.165) is 24.4 Å². The summed E-state index contributed by atoms with van der Waals surface area (Å²) < 4.78 is 5.80. The zero-order valence-electron chi connectivity index (χ0n) is 9.52. The number of aryl methyl sites for hydroxylation is 1. The lowest BCUT2D eigenvalue weighted by molar-refractivity contribution is 0.444. The van der Waals surface area contributed by atoms with Crippen LogP contribution in [-0.4, -0.2) is 0 Å². The van der Waals surface area contributed by atoms with Crippen LogP contribution in [0.4, 0.5) is 0 Å². The Labute approximate surface area is 96.8 Å². The third kappa shape index (κ3) is 2.86. The van der Waals surface area contributed by atoms with Gasteiger partial charge in [-0.25, -0.2) is 0 Å².